The van der Waals surface area contributed by atoms with E-state index < -0.39 is 18.5 Å². The van der Waals surface area contributed by atoms with Gasteiger partial charge in [0, 0.05) is 17.7 Å². The summed E-state index contributed by atoms with van der Waals surface area (Å²) in [5, 5.41) is 6.47. The summed E-state index contributed by atoms with van der Waals surface area (Å²) in [6.45, 7) is 9.68. The van der Waals surface area contributed by atoms with Gasteiger partial charge in [0.05, 0.1) is 18.9 Å². The Hall–Kier alpha value is -3.03. The molecule has 1 heterocycles. The molecule has 8 nitrogen and oxygen atoms in total. The molecule has 0 radical (unpaired) electrons. The number of amides is 1. The number of carbonyl (C=O) groups is 2. The van der Waals surface area contributed by atoms with Crippen molar-refractivity contribution < 1.29 is 28.3 Å². The van der Waals surface area contributed by atoms with Crippen LogP contribution in [0.1, 0.15) is 55.4 Å². The van der Waals surface area contributed by atoms with Crippen LogP contribution in [0.4, 0.5) is 5.69 Å². The molecule has 8 heteroatoms. The van der Waals surface area contributed by atoms with Crippen molar-refractivity contribution in [3.63, 3.8) is 0 Å². The lowest BCUT2D eigenvalue weighted by atomic mass is 10.1. The van der Waals surface area contributed by atoms with Gasteiger partial charge in [-0.15, -0.1) is 0 Å². The molecule has 0 aliphatic rings. The molecule has 2 rings (SSSR count). The minimum atomic E-state index is -0.640. The van der Waals surface area contributed by atoms with Gasteiger partial charge in [0.15, 0.2) is 23.9 Å². The minimum absolute atomic E-state index is 0.0292. The summed E-state index contributed by atoms with van der Waals surface area (Å²) in [5.74, 6) is 0.424. The predicted molar refractivity (Wildman–Crippen MR) is 103 cm³/mol. The van der Waals surface area contributed by atoms with E-state index in [1.165, 1.54) is 0 Å². The van der Waals surface area contributed by atoms with Gasteiger partial charge < -0.3 is 24.1 Å². The first-order valence-corrected chi connectivity index (χ1v) is 9.20. The number of hydrogen-bond donors (Lipinski definition) is 1. The van der Waals surface area contributed by atoms with Crippen LogP contribution in [0.25, 0.3) is 0 Å². The fourth-order valence-corrected chi connectivity index (χ4v) is 2.56. The maximum atomic E-state index is 12.3. The van der Waals surface area contributed by atoms with Crippen LogP contribution >= 0.6 is 0 Å². The number of ether oxygens (including phenoxy) is 3. The smallest absolute Gasteiger partial charge is 0.344 e. The summed E-state index contributed by atoms with van der Waals surface area (Å²) in [7, 11) is 0. The van der Waals surface area contributed by atoms with Gasteiger partial charge in [0.2, 0.25) is 0 Å². The van der Waals surface area contributed by atoms with Crippen molar-refractivity contribution in [2.24, 2.45) is 0 Å². The quantitative estimate of drug-likeness (QED) is 0.652. The van der Waals surface area contributed by atoms with Gasteiger partial charge in [0.1, 0.15) is 5.56 Å². The number of esters is 1. The van der Waals surface area contributed by atoms with Crippen LogP contribution < -0.4 is 14.8 Å². The molecule has 0 bridgehead atoms. The molecule has 0 aliphatic carbocycles. The van der Waals surface area contributed by atoms with Crippen molar-refractivity contribution in [3.8, 4) is 11.5 Å². The molecule has 152 valence electrons. The highest BCUT2D eigenvalue weighted by Gasteiger charge is 2.24. The van der Waals surface area contributed by atoms with Crippen LogP contribution in [0.15, 0.2) is 22.7 Å². The largest absolute Gasteiger partial charge is 0.490 e. The standard InChI is InChI=1S/C20H26N2O6/c1-6-25-15-9-8-14(10-16(15)26-7-2)21-17(23)11-27-20(24)18-13(5)22-28-19(18)12(3)4/h8-10,12H,6-7,11H2,1-5H3,(H,21,23). The molecule has 0 fully saturated rings. The number of hydrogen-bond acceptors (Lipinski definition) is 7. The van der Waals surface area contributed by atoms with Crippen molar-refractivity contribution >= 4 is 17.6 Å². The lowest BCUT2D eigenvalue weighted by molar-refractivity contribution is -0.119. The molecule has 0 aliphatic heterocycles. The van der Waals surface area contributed by atoms with E-state index in [-0.39, 0.29) is 11.5 Å². The highest BCUT2D eigenvalue weighted by Crippen LogP contribution is 2.30. The zero-order chi connectivity index (χ0) is 20.7. The Morgan fingerprint density at radius 2 is 1.82 bits per heavy atom. The van der Waals surface area contributed by atoms with Gasteiger partial charge in [-0.25, -0.2) is 4.79 Å². The zero-order valence-electron chi connectivity index (χ0n) is 16.8. The Morgan fingerprint density at radius 3 is 2.46 bits per heavy atom. The summed E-state index contributed by atoms with van der Waals surface area (Å²) >= 11 is 0. The number of carbonyl (C=O) groups excluding carboxylic acids is 2. The molecule has 0 unspecified atom stereocenters. The lowest BCUT2D eigenvalue weighted by Gasteiger charge is -2.13. The summed E-state index contributed by atoms with van der Waals surface area (Å²) < 4.78 is 21.3. The summed E-state index contributed by atoms with van der Waals surface area (Å²) in [6.07, 6.45) is 0. The number of benzene rings is 1. The van der Waals surface area contributed by atoms with Gasteiger partial charge in [0.25, 0.3) is 5.91 Å². The Bertz CT molecular complexity index is 828. The molecular formula is C20H26N2O6. The lowest BCUT2D eigenvalue weighted by Crippen LogP contribution is -2.21. The van der Waals surface area contributed by atoms with E-state index in [2.05, 4.69) is 10.5 Å². The molecule has 0 atom stereocenters. The molecule has 1 amide bonds. The van der Waals surface area contributed by atoms with Crippen molar-refractivity contribution in [2.75, 3.05) is 25.1 Å². The van der Waals surface area contributed by atoms with Crippen molar-refractivity contribution in [1.82, 2.24) is 5.16 Å². The van der Waals surface area contributed by atoms with Crippen molar-refractivity contribution in [2.45, 2.75) is 40.5 Å². The normalized spacial score (nSPS) is 10.6. The summed E-state index contributed by atoms with van der Waals surface area (Å²) in [6, 6.07) is 5.06. The Kier molecular flexibility index (Phi) is 7.43. The second-order valence-electron chi connectivity index (χ2n) is 6.31. The molecule has 1 aromatic heterocycles. The maximum absolute atomic E-state index is 12.3. The van der Waals surface area contributed by atoms with Crippen LogP contribution in [0.3, 0.4) is 0 Å². The minimum Gasteiger partial charge on any atom is -0.490 e. The molecule has 28 heavy (non-hydrogen) atoms. The average molecular weight is 390 g/mol. The number of nitrogens with one attached hydrogen (secondary N) is 1. The first kappa shape index (κ1) is 21.3. The van der Waals surface area contributed by atoms with Crippen LogP contribution in [-0.4, -0.2) is 36.9 Å². The first-order valence-electron chi connectivity index (χ1n) is 9.20. The van der Waals surface area contributed by atoms with E-state index in [1.54, 1.807) is 25.1 Å². The van der Waals surface area contributed by atoms with Gasteiger partial charge in [-0.2, -0.15) is 0 Å². The molecule has 1 aromatic carbocycles. The Morgan fingerprint density at radius 1 is 1.14 bits per heavy atom. The SMILES string of the molecule is CCOc1ccc(NC(=O)COC(=O)c2c(C)noc2C(C)C)cc1OCC. The number of aryl methyl sites for hydroxylation is 1. The fraction of sp³-hybridized carbons (Fsp3) is 0.450. The third kappa shape index (κ3) is 5.25. The van der Waals surface area contributed by atoms with Gasteiger partial charge in [-0.05, 0) is 32.9 Å². The molecule has 0 saturated carbocycles. The van der Waals surface area contributed by atoms with Crippen LogP contribution in [0.2, 0.25) is 0 Å². The van der Waals surface area contributed by atoms with E-state index in [1.807, 2.05) is 27.7 Å². The molecular weight excluding hydrogens is 364 g/mol. The molecule has 0 saturated heterocycles. The van der Waals surface area contributed by atoms with Gasteiger partial charge in [-0.3, -0.25) is 4.79 Å². The van der Waals surface area contributed by atoms with Crippen LogP contribution in [0.5, 0.6) is 11.5 Å². The third-order valence-electron chi connectivity index (χ3n) is 3.78. The average Bonchev–Trinajstić information content (AvgIpc) is 3.04. The van der Waals surface area contributed by atoms with E-state index in [9.17, 15) is 9.59 Å². The highest BCUT2D eigenvalue weighted by atomic mass is 16.5. The topological polar surface area (TPSA) is 99.9 Å². The predicted octanol–water partition coefficient (Wildman–Crippen LogP) is 3.70. The Balaban J connectivity index is 2.00. The maximum Gasteiger partial charge on any atom is 0.344 e. The molecule has 1 N–H and O–H groups in total. The van der Waals surface area contributed by atoms with Crippen molar-refractivity contribution in [1.29, 1.82) is 0 Å². The summed E-state index contributed by atoms with van der Waals surface area (Å²) in [4.78, 5) is 24.5. The van der Waals surface area contributed by atoms with Gasteiger partial charge in [-0.1, -0.05) is 19.0 Å². The van der Waals surface area contributed by atoms with E-state index in [0.717, 1.165) is 0 Å². The number of aromatic nitrogens is 1. The fourth-order valence-electron chi connectivity index (χ4n) is 2.56. The first-order chi connectivity index (χ1) is 13.4. The second-order valence-corrected chi connectivity index (χ2v) is 6.31. The molecule has 2 aromatic rings. The van der Waals surface area contributed by atoms with Crippen LogP contribution in [-0.2, 0) is 9.53 Å². The molecule has 0 spiro atoms. The monoisotopic (exact) mass is 390 g/mol. The van der Waals surface area contributed by atoms with Gasteiger partial charge >= 0.3 is 5.97 Å². The van der Waals surface area contributed by atoms with E-state index in [4.69, 9.17) is 18.7 Å². The Labute approximate surface area is 164 Å². The zero-order valence-corrected chi connectivity index (χ0v) is 16.8. The number of nitrogens with zero attached hydrogens (tertiary/aromatic N) is 1. The number of anilines is 1. The van der Waals surface area contributed by atoms with E-state index >= 15 is 0 Å². The summed E-state index contributed by atoms with van der Waals surface area (Å²) in [5.41, 5.74) is 1.21. The second kappa shape index (κ2) is 9.77. The van der Waals surface area contributed by atoms with Crippen LogP contribution in [0, 0.1) is 6.92 Å². The third-order valence-corrected chi connectivity index (χ3v) is 3.78. The van der Waals surface area contributed by atoms with Crippen molar-refractivity contribution in [3.05, 3.63) is 35.2 Å². The highest BCUT2D eigenvalue weighted by molar-refractivity contribution is 5.96. The van der Waals surface area contributed by atoms with E-state index in [0.29, 0.717) is 41.9 Å². The number of rotatable bonds is 9.